The fraction of sp³-hybridized carbons (Fsp3) is 0.500. The highest BCUT2D eigenvalue weighted by Crippen LogP contribution is 1.84. The minimum atomic E-state index is -0.121. The normalized spacial score (nSPS) is 9.00. The first-order valence-electron chi connectivity index (χ1n) is 4.09. The van der Waals surface area contributed by atoms with Gasteiger partial charge in [-0.15, -0.1) is 0 Å². The SMILES string of the molecule is C=C(C)C(=O)NCCC[NH+]=C(N)N. The van der Waals surface area contributed by atoms with Crippen LogP contribution in [-0.4, -0.2) is 25.0 Å². The third kappa shape index (κ3) is 6.86. The Hall–Kier alpha value is -1.52. The summed E-state index contributed by atoms with van der Waals surface area (Å²) < 4.78 is 0. The molecule has 5 heteroatoms. The zero-order chi connectivity index (χ0) is 10.3. The summed E-state index contributed by atoms with van der Waals surface area (Å²) in [5, 5.41) is 2.69. The summed E-state index contributed by atoms with van der Waals surface area (Å²) in [5.41, 5.74) is 10.8. The van der Waals surface area contributed by atoms with E-state index < -0.39 is 0 Å². The lowest BCUT2D eigenvalue weighted by atomic mass is 10.3. The Morgan fingerprint density at radius 2 is 2.15 bits per heavy atom. The molecule has 0 spiro atoms. The molecule has 0 saturated carbocycles. The van der Waals surface area contributed by atoms with Crippen molar-refractivity contribution in [3.8, 4) is 0 Å². The van der Waals surface area contributed by atoms with Gasteiger partial charge < -0.3 is 5.32 Å². The Morgan fingerprint density at radius 1 is 1.54 bits per heavy atom. The van der Waals surface area contributed by atoms with Crippen molar-refractivity contribution in [1.29, 1.82) is 0 Å². The Bertz CT molecular complexity index is 218. The molecule has 0 aromatic heterocycles. The van der Waals surface area contributed by atoms with E-state index >= 15 is 0 Å². The van der Waals surface area contributed by atoms with Gasteiger partial charge in [0.2, 0.25) is 5.91 Å². The maximum Gasteiger partial charge on any atom is 0.338 e. The number of carbonyl (C=O) groups excluding carboxylic acids is 1. The van der Waals surface area contributed by atoms with E-state index in [0.717, 1.165) is 6.42 Å². The van der Waals surface area contributed by atoms with Crippen LogP contribution in [0.1, 0.15) is 13.3 Å². The lowest BCUT2D eigenvalue weighted by Gasteiger charge is -2.01. The number of nitrogens with two attached hydrogens (primary N) is 2. The number of amides is 1. The molecule has 74 valence electrons. The van der Waals surface area contributed by atoms with Crippen LogP contribution in [0.2, 0.25) is 0 Å². The summed E-state index contributed by atoms with van der Waals surface area (Å²) in [5.74, 6) is 0.0796. The van der Waals surface area contributed by atoms with Gasteiger partial charge in [0, 0.05) is 12.1 Å². The van der Waals surface area contributed by atoms with Crippen molar-refractivity contribution in [3.63, 3.8) is 0 Å². The van der Waals surface area contributed by atoms with E-state index in [0.29, 0.717) is 18.7 Å². The summed E-state index contributed by atoms with van der Waals surface area (Å²) in [6.45, 7) is 6.42. The number of hydrogen-bond acceptors (Lipinski definition) is 1. The molecule has 0 unspecified atom stereocenters. The minimum Gasteiger partial charge on any atom is -0.352 e. The lowest BCUT2D eigenvalue weighted by Crippen LogP contribution is -2.78. The highest BCUT2D eigenvalue weighted by molar-refractivity contribution is 5.91. The zero-order valence-corrected chi connectivity index (χ0v) is 7.89. The second kappa shape index (κ2) is 6.05. The van der Waals surface area contributed by atoms with Crippen molar-refractivity contribution >= 4 is 11.9 Å². The summed E-state index contributed by atoms with van der Waals surface area (Å²) in [7, 11) is 0. The number of rotatable bonds is 5. The Kier molecular flexibility index (Phi) is 5.34. The van der Waals surface area contributed by atoms with E-state index in [1.54, 1.807) is 6.92 Å². The predicted molar refractivity (Wildman–Crippen MR) is 51.7 cm³/mol. The summed E-state index contributed by atoms with van der Waals surface area (Å²) in [6.07, 6.45) is 0.775. The minimum absolute atomic E-state index is 0.121. The molecule has 0 fully saturated rings. The van der Waals surface area contributed by atoms with Crippen LogP contribution < -0.4 is 21.8 Å². The first-order valence-corrected chi connectivity index (χ1v) is 4.09. The molecule has 0 aromatic carbocycles. The maximum absolute atomic E-state index is 11.0. The van der Waals surface area contributed by atoms with Gasteiger partial charge in [0.15, 0.2) is 0 Å². The zero-order valence-electron chi connectivity index (χ0n) is 7.89. The van der Waals surface area contributed by atoms with Crippen LogP contribution in [0.4, 0.5) is 0 Å². The highest BCUT2D eigenvalue weighted by atomic mass is 16.1. The van der Waals surface area contributed by atoms with Gasteiger partial charge in [-0.25, -0.2) is 0 Å². The molecule has 5 nitrogen and oxygen atoms in total. The van der Waals surface area contributed by atoms with E-state index in [2.05, 4.69) is 16.9 Å². The molecule has 0 aliphatic heterocycles. The molecule has 0 aliphatic rings. The fourth-order valence-corrected chi connectivity index (χ4v) is 0.674. The predicted octanol–water partition coefficient (Wildman–Crippen LogP) is -2.58. The first-order chi connectivity index (χ1) is 6.04. The molecule has 0 aliphatic carbocycles. The van der Waals surface area contributed by atoms with Gasteiger partial charge in [0.05, 0.1) is 6.54 Å². The van der Waals surface area contributed by atoms with E-state index in [-0.39, 0.29) is 11.9 Å². The third-order valence-corrected chi connectivity index (χ3v) is 1.36. The van der Waals surface area contributed by atoms with Crippen LogP contribution >= 0.6 is 0 Å². The summed E-state index contributed by atoms with van der Waals surface area (Å²) >= 11 is 0. The first kappa shape index (κ1) is 11.5. The number of nitrogens with one attached hydrogen (secondary N) is 2. The average Bonchev–Trinajstić information content (AvgIpc) is 2.02. The van der Waals surface area contributed by atoms with Crippen LogP contribution in [0.15, 0.2) is 12.2 Å². The standard InChI is InChI=1S/C8H16N4O/c1-6(2)7(13)11-4-3-5-12-8(9)10/h1,3-5H2,2H3,(H,11,13)(H4,9,10,12)/p+1. The van der Waals surface area contributed by atoms with E-state index in [1.165, 1.54) is 0 Å². The second-order valence-electron chi connectivity index (χ2n) is 2.77. The molecular formula is C8H17N4O+. The number of guanidine groups is 1. The van der Waals surface area contributed by atoms with Gasteiger partial charge in [-0.2, -0.15) is 0 Å². The van der Waals surface area contributed by atoms with Crippen molar-refractivity contribution in [3.05, 3.63) is 12.2 Å². The van der Waals surface area contributed by atoms with Gasteiger partial charge in [-0.05, 0) is 13.3 Å². The van der Waals surface area contributed by atoms with Gasteiger partial charge in [0.1, 0.15) is 0 Å². The molecule has 1 amide bonds. The van der Waals surface area contributed by atoms with Gasteiger partial charge in [-0.3, -0.25) is 21.3 Å². The van der Waals surface area contributed by atoms with Crippen molar-refractivity contribution in [2.75, 3.05) is 13.1 Å². The Labute approximate surface area is 77.9 Å². The van der Waals surface area contributed by atoms with Crippen molar-refractivity contribution in [1.82, 2.24) is 5.32 Å². The Morgan fingerprint density at radius 3 is 2.62 bits per heavy atom. The van der Waals surface area contributed by atoms with Crippen LogP contribution in [-0.2, 0) is 4.79 Å². The highest BCUT2D eigenvalue weighted by Gasteiger charge is 1.98. The molecule has 0 heterocycles. The topological polar surface area (TPSA) is 95.1 Å². The molecule has 0 aromatic rings. The van der Waals surface area contributed by atoms with Crippen LogP contribution in [0.3, 0.4) is 0 Å². The quantitative estimate of drug-likeness (QED) is 0.164. The van der Waals surface area contributed by atoms with Crippen molar-refractivity contribution in [2.45, 2.75) is 13.3 Å². The smallest absolute Gasteiger partial charge is 0.338 e. The second-order valence-corrected chi connectivity index (χ2v) is 2.77. The van der Waals surface area contributed by atoms with Crippen molar-refractivity contribution < 1.29 is 9.79 Å². The molecule has 0 atom stereocenters. The summed E-state index contributed by atoms with van der Waals surface area (Å²) in [6, 6.07) is 0. The van der Waals surface area contributed by atoms with E-state index in [4.69, 9.17) is 11.5 Å². The van der Waals surface area contributed by atoms with Crippen LogP contribution in [0, 0.1) is 0 Å². The molecule has 6 N–H and O–H groups in total. The third-order valence-electron chi connectivity index (χ3n) is 1.36. The molecule has 0 radical (unpaired) electrons. The number of carbonyl (C=O) groups is 1. The van der Waals surface area contributed by atoms with Crippen LogP contribution in [0.25, 0.3) is 0 Å². The molecule has 13 heavy (non-hydrogen) atoms. The fourth-order valence-electron chi connectivity index (χ4n) is 0.674. The van der Waals surface area contributed by atoms with E-state index in [9.17, 15) is 4.79 Å². The molecule has 0 saturated heterocycles. The summed E-state index contributed by atoms with van der Waals surface area (Å²) in [4.78, 5) is 13.7. The molecular weight excluding hydrogens is 168 g/mol. The largest absolute Gasteiger partial charge is 0.352 e. The van der Waals surface area contributed by atoms with Crippen LogP contribution in [0.5, 0.6) is 0 Å². The molecule has 0 rings (SSSR count). The Balaban J connectivity index is 3.42. The monoisotopic (exact) mass is 185 g/mol. The average molecular weight is 185 g/mol. The van der Waals surface area contributed by atoms with Crippen molar-refractivity contribution in [2.24, 2.45) is 11.5 Å². The lowest BCUT2D eigenvalue weighted by molar-refractivity contribution is -0.459. The number of hydrogen-bond donors (Lipinski definition) is 4. The van der Waals surface area contributed by atoms with Gasteiger partial charge >= 0.3 is 5.96 Å². The van der Waals surface area contributed by atoms with E-state index in [1.807, 2.05) is 0 Å². The van der Waals surface area contributed by atoms with Gasteiger partial charge in [-0.1, -0.05) is 6.58 Å². The maximum atomic E-state index is 11.0. The van der Waals surface area contributed by atoms with Gasteiger partial charge in [0.25, 0.3) is 0 Å². The molecule has 0 bridgehead atoms.